The van der Waals surface area contributed by atoms with Gasteiger partial charge < -0.3 is 15.2 Å². The van der Waals surface area contributed by atoms with Crippen LogP contribution in [0.5, 0.6) is 0 Å². The number of hydrogen-bond acceptors (Lipinski definition) is 3. The molecule has 1 unspecified atom stereocenters. The van der Waals surface area contributed by atoms with Gasteiger partial charge in [-0.3, -0.25) is 4.79 Å². The number of nitrogens with one attached hydrogen (secondary N) is 1. The number of halogens is 2. The summed E-state index contributed by atoms with van der Waals surface area (Å²) in [6, 6.07) is 4.79. The maximum atomic E-state index is 11.8. The number of aliphatic hydroxyl groups is 1. The van der Waals surface area contributed by atoms with E-state index in [-0.39, 0.29) is 17.7 Å². The molecule has 1 saturated heterocycles. The SMILES string of the molecule is CC1(CNC(=O)CC(O)c2cc(Cl)cc(Cl)c2)COC1. The van der Waals surface area contributed by atoms with Crippen molar-refractivity contribution >= 4 is 29.1 Å². The highest BCUT2D eigenvalue weighted by Gasteiger charge is 2.33. The van der Waals surface area contributed by atoms with E-state index in [1.165, 1.54) is 0 Å². The van der Waals surface area contributed by atoms with Gasteiger partial charge in [0.15, 0.2) is 0 Å². The van der Waals surface area contributed by atoms with Crippen molar-refractivity contribution < 1.29 is 14.6 Å². The molecule has 1 aromatic rings. The molecule has 0 aromatic heterocycles. The van der Waals surface area contributed by atoms with Gasteiger partial charge in [-0.15, -0.1) is 0 Å². The summed E-state index contributed by atoms with van der Waals surface area (Å²) >= 11 is 11.7. The summed E-state index contributed by atoms with van der Waals surface area (Å²) in [6.07, 6.45) is -0.940. The van der Waals surface area contributed by atoms with E-state index in [0.29, 0.717) is 35.4 Å². The molecule has 1 aliphatic heterocycles. The summed E-state index contributed by atoms with van der Waals surface area (Å²) in [5, 5.41) is 13.7. The summed E-state index contributed by atoms with van der Waals surface area (Å²) < 4.78 is 5.12. The summed E-state index contributed by atoms with van der Waals surface area (Å²) in [4.78, 5) is 11.8. The van der Waals surface area contributed by atoms with Gasteiger partial charge in [-0.05, 0) is 23.8 Å². The lowest BCUT2D eigenvalue weighted by Crippen LogP contribution is -2.48. The first kappa shape index (κ1) is 15.6. The fraction of sp³-hybridized carbons (Fsp3) is 0.500. The van der Waals surface area contributed by atoms with E-state index in [1.54, 1.807) is 18.2 Å². The zero-order valence-corrected chi connectivity index (χ0v) is 12.7. The second-order valence-corrected chi connectivity index (χ2v) is 6.38. The van der Waals surface area contributed by atoms with Gasteiger partial charge in [0.05, 0.1) is 25.7 Å². The second kappa shape index (κ2) is 6.31. The van der Waals surface area contributed by atoms with Crippen LogP contribution in [0, 0.1) is 5.41 Å². The number of hydrogen-bond donors (Lipinski definition) is 2. The number of aliphatic hydroxyl groups excluding tert-OH is 1. The Morgan fingerprint density at radius 2 is 2.00 bits per heavy atom. The van der Waals surface area contributed by atoms with Gasteiger partial charge in [-0.1, -0.05) is 30.1 Å². The van der Waals surface area contributed by atoms with Crippen molar-refractivity contribution in [3.63, 3.8) is 0 Å². The lowest BCUT2D eigenvalue weighted by molar-refractivity contribution is -0.128. The average molecular weight is 318 g/mol. The average Bonchev–Trinajstić information content (AvgIpc) is 2.32. The van der Waals surface area contributed by atoms with Crippen molar-refractivity contribution in [2.75, 3.05) is 19.8 Å². The lowest BCUT2D eigenvalue weighted by atomic mass is 9.88. The molecule has 0 aliphatic carbocycles. The molecular formula is C14H17Cl2NO3. The second-order valence-electron chi connectivity index (χ2n) is 5.50. The smallest absolute Gasteiger partial charge is 0.222 e. The summed E-state index contributed by atoms with van der Waals surface area (Å²) in [5.41, 5.74) is 0.552. The Morgan fingerprint density at radius 1 is 1.40 bits per heavy atom. The maximum absolute atomic E-state index is 11.8. The van der Waals surface area contributed by atoms with Crippen LogP contribution in [-0.2, 0) is 9.53 Å². The molecule has 1 aromatic carbocycles. The molecule has 2 rings (SSSR count). The molecule has 110 valence electrons. The van der Waals surface area contributed by atoms with Crippen LogP contribution in [0.25, 0.3) is 0 Å². The minimum atomic E-state index is -0.920. The van der Waals surface area contributed by atoms with Crippen molar-refractivity contribution in [3.8, 4) is 0 Å². The number of amides is 1. The number of benzene rings is 1. The normalized spacial score (nSPS) is 18.2. The Morgan fingerprint density at radius 3 is 2.50 bits per heavy atom. The van der Waals surface area contributed by atoms with Crippen LogP contribution < -0.4 is 5.32 Å². The number of rotatable bonds is 5. The third kappa shape index (κ3) is 4.09. The molecule has 0 bridgehead atoms. The minimum Gasteiger partial charge on any atom is -0.388 e. The van der Waals surface area contributed by atoms with Gasteiger partial charge in [-0.25, -0.2) is 0 Å². The largest absolute Gasteiger partial charge is 0.388 e. The maximum Gasteiger partial charge on any atom is 0.222 e. The lowest BCUT2D eigenvalue weighted by Gasteiger charge is -2.38. The first-order valence-electron chi connectivity index (χ1n) is 6.36. The van der Waals surface area contributed by atoms with E-state index in [9.17, 15) is 9.90 Å². The Bertz CT molecular complexity index is 483. The number of carbonyl (C=O) groups is 1. The fourth-order valence-corrected chi connectivity index (χ4v) is 2.54. The topological polar surface area (TPSA) is 58.6 Å². The summed E-state index contributed by atoms with van der Waals surface area (Å²) in [5.74, 6) is -0.207. The van der Waals surface area contributed by atoms with Crippen molar-refractivity contribution in [2.24, 2.45) is 5.41 Å². The first-order valence-corrected chi connectivity index (χ1v) is 7.12. The zero-order chi connectivity index (χ0) is 14.8. The summed E-state index contributed by atoms with van der Waals surface area (Å²) in [7, 11) is 0. The van der Waals surface area contributed by atoms with Crippen LogP contribution in [-0.4, -0.2) is 30.8 Å². The molecule has 20 heavy (non-hydrogen) atoms. The Hall–Kier alpha value is -0.810. The highest BCUT2D eigenvalue weighted by Crippen LogP contribution is 2.26. The van der Waals surface area contributed by atoms with Crippen molar-refractivity contribution in [3.05, 3.63) is 33.8 Å². The fourth-order valence-electron chi connectivity index (χ4n) is 2.00. The van der Waals surface area contributed by atoms with Crippen LogP contribution in [0.2, 0.25) is 10.0 Å². The van der Waals surface area contributed by atoms with Gasteiger partial charge in [0, 0.05) is 22.0 Å². The van der Waals surface area contributed by atoms with E-state index >= 15 is 0 Å². The Kier molecular flexibility index (Phi) is 4.91. The molecule has 0 radical (unpaired) electrons. The van der Waals surface area contributed by atoms with Crippen molar-refractivity contribution in [2.45, 2.75) is 19.4 Å². The van der Waals surface area contributed by atoms with Crippen LogP contribution in [0.1, 0.15) is 25.0 Å². The van der Waals surface area contributed by atoms with Gasteiger partial charge in [-0.2, -0.15) is 0 Å². The van der Waals surface area contributed by atoms with Crippen LogP contribution in [0.4, 0.5) is 0 Å². The highest BCUT2D eigenvalue weighted by molar-refractivity contribution is 6.34. The minimum absolute atomic E-state index is 0.0139. The molecule has 0 spiro atoms. The molecule has 1 atom stereocenters. The molecule has 1 aliphatic rings. The van der Waals surface area contributed by atoms with E-state index in [2.05, 4.69) is 5.32 Å². The third-order valence-corrected chi connectivity index (χ3v) is 3.70. The predicted molar refractivity (Wildman–Crippen MR) is 78.0 cm³/mol. The molecule has 1 fully saturated rings. The van der Waals surface area contributed by atoms with E-state index in [0.717, 1.165) is 0 Å². The summed E-state index contributed by atoms with van der Waals surface area (Å²) in [6.45, 7) is 3.90. The molecule has 0 saturated carbocycles. The molecular weight excluding hydrogens is 301 g/mol. The monoisotopic (exact) mass is 317 g/mol. The predicted octanol–water partition coefficient (Wildman–Crippen LogP) is 2.57. The molecule has 4 nitrogen and oxygen atoms in total. The van der Waals surface area contributed by atoms with Crippen LogP contribution >= 0.6 is 23.2 Å². The Labute approximate surface area is 128 Å². The molecule has 1 heterocycles. The Balaban J connectivity index is 1.86. The quantitative estimate of drug-likeness (QED) is 0.877. The van der Waals surface area contributed by atoms with Gasteiger partial charge >= 0.3 is 0 Å². The zero-order valence-electron chi connectivity index (χ0n) is 11.2. The van der Waals surface area contributed by atoms with Gasteiger partial charge in [0.1, 0.15) is 0 Å². The number of ether oxygens (including phenoxy) is 1. The van der Waals surface area contributed by atoms with Crippen LogP contribution in [0.15, 0.2) is 18.2 Å². The van der Waals surface area contributed by atoms with Crippen molar-refractivity contribution in [1.29, 1.82) is 0 Å². The number of carbonyl (C=O) groups excluding carboxylic acids is 1. The van der Waals surface area contributed by atoms with E-state index < -0.39 is 6.10 Å². The standard InChI is InChI=1S/C14H17Cl2NO3/c1-14(7-20-8-14)6-17-13(19)5-12(18)9-2-10(15)4-11(16)3-9/h2-4,12,18H,5-8H2,1H3,(H,17,19). The first-order chi connectivity index (χ1) is 9.38. The van der Waals surface area contributed by atoms with E-state index in [4.69, 9.17) is 27.9 Å². The van der Waals surface area contributed by atoms with E-state index in [1.807, 2.05) is 6.92 Å². The molecule has 1 amide bonds. The molecule has 6 heteroatoms. The van der Waals surface area contributed by atoms with Gasteiger partial charge in [0.2, 0.25) is 5.91 Å². The third-order valence-electron chi connectivity index (χ3n) is 3.26. The highest BCUT2D eigenvalue weighted by atomic mass is 35.5. The molecule has 2 N–H and O–H groups in total. The van der Waals surface area contributed by atoms with Gasteiger partial charge in [0.25, 0.3) is 0 Å². The van der Waals surface area contributed by atoms with Crippen molar-refractivity contribution in [1.82, 2.24) is 5.32 Å². The van der Waals surface area contributed by atoms with Crippen LogP contribution in [0.3, 0.4) is 0 Å².